The molecular weight excluding hydrogens is 404 g/mol. The number of benzene rings is 3. The summed E-state index contributed by atoms with van der Waals surface area (Å²) in [6.45, 7) is 3.92. The third kappa shape index (κ3) is 3.71. The highest BCUT2D eigenvalue weighted by Gasteiger charge is 2.40. The average molecular weight is 428 g/mol. The zero-order valence-electron chi connectivity index (χ0n) is 18.4. The number of carbonyl (C=O) groups is 2. The van der Waals surface area contributed by atoms with Gasteiger partial charge in [-0.15, -0.1) is 0 Å². The van der Waals surface area contributed by atoms with Crippen molar-refractivity contribution in [1.29, 1.82) is 0 Å². The van der Waals surface area contributed by atoms with E-state index in [-0.39, 0.29) is 5.70 Å². The Morgan fingerprint density at radius 2 is 1.47 bits per heavy atom. The van der Waals surface area contributed by atoms with E-state index in [1.54, 1.807) is 18.2 Å². The fourth-order valence-corrected chi connectivity index (χ4v) is 3.68. The molecule has 6 heteroatoms. The Balaban J connectivity index is 1.83. The molecule has 1 heterocycles. The third-order valence-corrected chi connectivity index (χ3v) is 5.45. The molecule has 1 N–H and O–H groups in total. The largest absolute Gasteiger partial charge is 0.493 e. The number of amides is 2. The summed E-state index contributed by atoms with van der Waals surface area (Å²) in [5.74, 6) is 0.117. The number of methoxy groups -OCH3 is 2. The third-order valence-electron chi connectivity index (χ3n) is 5.45. The first-order valence-electron chi connectivity index (χ1n) is 10.2. The number of aryl methyl sites for hydroxylation is 2. The molecule has 0 bridgehead atoms. The van der Waals surface area contributed by atoms with Gasteiger partial charge in [-0.3, -0.25) is 9.59 Å². The number of nitrogens with zero attached hydrogens (tertiary/aromatic N) is 1. The van der Waals surface area contributed by atoms with Crippen LogP contribution in [-0.2, 0) is 9.59 Å². The molecule has 0 saturated carbocycles. The Labute approximate surface area is 187 Å². The van der Waals surface area contributed by atoms with Crippen LogP contribution in [0.5, 0.6) is 11.5 Å². The van der Waals surface area contributed by atoms with Crippen LogP contribution in [0, 0.1) is 13.8 Å². The minimum absolute atomic E-state index is 0.239. The van der Waals surface area contributed by atoms with Crippen LogP contribution in [0.3, 0.4) is 0 Å². The first-order valence-corrected chi connectivity index (χ1v) is 10.2. The molecule has 0 unspecified atom stereocenters. The number of hydrogen-bond donors (Lipinski definition) is 1. The summed E-state index contributed by atoms with van der Waals surface area (Å²) < 4.78 is 10.7. The normalized spacial score (nSPS) is 13.6. The molecule has 0 fully saturated rings. The highest BCUT2D eigenvalue weighted by atomic mass is 16.5. The summed E-state index contributed by atoms with van der Waals surface area (Å²) >= 11 is 0. The van der Waals surface area contributed by atoms with E-state index in [0.717, 1.165) is 21.7 Å². The van der Waals surface area contributed by atoms with E-state index < -0.39 is 11.8 Å². The van der Waals surface area contributed by atoms with Gasteiger partial charge in [0.25, 0.3) is 11.8 Å². The Hall–Kier alpha value is -4.06. The number of nitrogens with one attached hydrogen (secondary N) is 1. The monoisotopic (exact) mass is 428 g/mol. The Kier molecular flexibility index (Phi) is 5.69. The van der Waals surface area contributed by atoms with Gasteiger partial charge in [0.1, 0.15) is 5.70 Å². The minimum Gasteiger partial charge on any atom is -0.493 e. The summed E-state index contributed by atoms with van der Waals surface area (Å²) in [5, 5.41) is 3.22. The maximum Gasteiger partial charge on any atom is 0.282 e. The lowest BCUT2D eigenvalue weighted by atomic mass is 10.0. The summed E-state index contributed by atoms with van der Waals surface area (Å²) in [7, 11) is 3.04. The van der Waals surface area contributed by atoms with Crippen LogP contribution in [0.15, 0.2) is 72.4 Å². The van der Waals surface area contributed by atoms with Crippen molar-refractivity contribution in [3.63, 3.8) is 0 Å². The average Bonchev–Trinajstić information content (AvgIpc) is 3.04. The van der Waals surface area contributed by atoms with Crippen LogP contribution in [0.4, 0.5) is 11.4 Å². The van der Waals surface area contributed by atoms with Crippen molar-refractivity contribution < 1.29 is 19.1 Å². The van der Waals surface area contributed by atoms with Crippen molar-refractivity contribution in [3.05, 3.63) is 89.1 Å². The minimum atomic E-state index is -0.430. The van der Waals surface area contributed by atoms with Gasteiger partial charge < -0.3 is 14.8 Å². The molecule has 6 nitrogen and oxygen atoms in total. The van der Waals surface area contributed by atoms with Crippen molar-refractivity contribution in [2.24, 2.45) is 0 Å². The van der Waals surface area contributed by atoms with E-state index in [2.05, 4.69) is 5.32 Å². The molecule has 2 amide bonds. The lowest BCUT2D eigenvalue weighted by Crippen LogP contribution is -2.32. The molecule has 0 aromatic heterocycles. The molecule has 32 heavy (non-hydrogen) atoms. The topological polar surface area (TPSA) is 67.9 Å². The summed E-state index contributed by atoms with van der Waals surface area (Å²) in [6, 6.07) is 20.2. The lowest BCUT2D eigenvalue weighted by molar-refractivity contribution is -0.120. The Bertz CT molecular complexity index is 1230. The van der Waals surface area contributed by atoms with Crippen LogP contribution in [0.25, 0.3) is 5.57 Å². The smallest absolute Gasteiger partial charge is 0.282 e. The van der Waals surface area contributed by atoms with E-state index in [1.165, 1.54) is 14.2 Å². The van der Waals surface area contributed by atoms with Gasteiger partial charge in [0, 0.05) is 11.8 Å². The number of anilines is 2. The van der Waals surface area contributed by atoms with Crippen molar-refractivity contribution >= 4 is 28.8 Å². The molecule has 0 radical (unpaired) electrons. The molecule has 0 atom stereocenters. The molecule has 0 aliphatic carbocycles. The Morgan fingerprint density at radius 1 is 0.781 bits per heavy atom. The summed E-state index contributed by atoms with van der Waals surface area (Å²) in [6.07, 6.45) is 0. The molecule has 0 saturated heterocycles. The number of para-hydroxylation sites is 1. The number of imide groups is 1. The number of ether oxygens (including phenoxy) is 2. The highest BCUT2D eigenvalue weighted by Crippen LogP contribution is 2.37. The molecule has 4 rings (SSSR count). The maximum atomic E-state index is 13.6. The molecule has 162 valence electrons. The second kappa shape index (κ2) is 8.59. The van der Waals surface area contributed by atoms with E-state index in [0.29, 0.717) is 28.3 Å². The van der Waals surface area contributed by atoms with Gasteiger partial charge in [0.2, 0.25) is 0 Å². The predicted molar refractivity (Wildman–Crippen MR) is 125 cm³/mol. The number of carbonyl (C=O) groups excluding carboxylic acids is 2. The maximum absolute atomic E-state index is 13.6. The van der Waals surface area contributed by atoms with Gasteiger partial charge in [0.05, 0.1) is 25.5 Å². The van der Waals surface area contributed by atoms with Crippen LogP contribution < -0.4 is 19.7 Å². The van der Waals surface area contributed by atoms with Crippen molar-refractivity contribution in [3.8, 4) is 11.5 Å². The van der Waals surface area contributed by atoms with Crippen LogP contribution >= 0.6 is 0 Å². The molecule has 0 spiro atoms. The standard InChI is InChI=1S/C26H24N2O4/c1-16-9-11-18(12-10-16)23-24(27-20-8-6-5-7-17(20)2)26(30)28(25(23)29)19-13-14-21(31-3)22(15-19)32-4/h5-15,27H,1-4H3. The zero-order chi connectivity index (χ0) is 22.8. The fraction of sp³-hybridized carbons (Fsp3) is 0.154. The van der Waals surface area contributed by atoms with Gasteiger partial charge in [0.15, 0.2) is 11.5 Å². The van der Waals surface area contributed by atoms with E-state index >= 15 is 0 Å². The first kappa shape index (κ1) is 21.2. The van der Waals surface area contributed by atoms with Crippen LogP contribution in [0.1, 0.15) is 16.7 Å². The fourth-order valence-electron chi connectivity index (χ4n) is 3.68. The van der Waals surface area contributed by atoms with Gasteiger partial charge >= 0.3 is 0 Å². The SMILES string of the molecule is COc1ccc(N2C(=O)C(Nc3ccccc3C)=C(c3ccc(C)cc3)C2=O)cc1OC. The highest BCUT2D eigenvalue weighted by molar-refractivity contribution is 6.46. The van der Waals surface area contributed by atoms with E-state index in [9.17, 15) is 9.59 Å². The quantitative estimate of drug-likeness (QED) is 0.576. The summed E-state index contributed by atoms with van der Waals surface area (Å²) in [4.78, 5) is 28.3. The predicted octanol–water partition coefficient (Wildman–Crippen LogP) is 4.72. The van der Waals surface area contributed by atoms with Gasteiger partial charge in [-0.25, -0.2) is 4.90 Å². The van der Waals surface area contributed by atoms with Crippen molar-refractivity contribution in [2.45, 2.75) is 13.8 Å². The van der Waals surface area contributed by atoms with Crippen molar-refractivity contribution in [2.75, 3.05) is 24.4 Å². The molecule has 3 aromatic rings. The van der Waals surface area contributed by atoms with E-state index in [4.69, 9.17) is 9.47 Å². The first-order chi connectivity index (χ1) is 15.4. The lowest BCUT2D eigenvalue weighted by Gasteiger charge is -2.17. The van der Waals surface area contributed by atoms with Gasteiger partial charge in [-0.1, -0.05) is 48.0 Å². The van der Waals surface area contributed by atoms with Gasteiger partial charge in [-0.05, 0) is 43.2 Å². The van der Waals surface area contributed by atoms with Crippen molar-refractivity contribution in [1.82, 2.24) is 0 Å². The molecule has 1 aliphatic rings. The zero-order valence-corrected chi connectivity index (χ0v) is 18.4. The Morgan fingerprint density at radius 3 is 2.12 bits per heavy atom. The second-order valence-corrected chi connectivity index (χ2v) is 7.54. The summed E-state index contributed by atoms with van der Waals surface area (Å²) in [5.41, 5.74) is 4.44. The molecule has 3 aromatic carbocycles. The van der Waals surface area contributed by atoms with E-state index in [1.807, 2.05) is 62.4 Å². The second-order valence-electron chi connectivity index (χ2n) is 7.54. The van der Waals surface area contributed by atoms with Crippen LogP contribution in [-0.4, -0.2) is 26.0 Å². The van der Waals surface area contributed by atoms with Crippen LogP contribution in [0.2, 0.25) is 0 Å². The molecule has 1 aliphatic heterocycles. The number of rotatable bonds is 6. The number of hydrogen-bond acceptors (Lipinski definition) is 5. The molecular formula is C26H24N2O4. The van der Waals surface area contributed by atoms with Gasteiger partial charge in [-0.2, -0.15) is 0 Å².